The fourth-order valence-corrected chi connectivity index (χ4v) is 3.08. The maximum Gasteiger partial charge on any atom is 0.247 e. The Labute approximate surface area is 126 Å². The molecule has 0 saturated carbocycles. The molecule has 110 valence electrons. The van der Waals surface area contributed by atoms with Gasteiger partial charge < -0.3 is 10.2 Å². The molecule has 2 aromatic heterocycles. The normalized spacial score (nSPS) is 17.4. The van der Waals surface area contributed by atoms with Crippen molar-refractivity contribution in [3.05, 3.63) is 40.3 Å². The molecular formula is C14H16N4O2S. The number of nitrogens with zero attached hydrogens (tertiary/aromatic N) is 3. The third kappa shape index (κ3) is 2.82. The summed E-state index contributed by atoms with van der Waals surface area (Å²) in [5, 5.41) is 9.11. The summed E-state index contributed by atoms with van der Waals surface area (Å²) in [7, 11) is 0. The second kappa shape index (κ2) is 5.69. The van der Waals surface area contributed by atoms with Gasteiger partial charge in [-0.2, -0.15) is 5.10 Å². The molecule has 2 amide bonds. The highest BCUT2D eigenvalue weighted by atomic mass is 32.1. The van der Waals surface area contributed by atoms with E-state index in [0.717, 1.165) is 10.6 Å². The van der Waals surface area contributed by atoms with Crippen molar-refractivity contribution in [1.82, 2.24) is 20.0 Å². The number of nitrogens with one attached hydrogen (secondary N) is 1. The SMILES string of the molecule is CC(=O)N1Cc2ccnn2C(C(=O)NCc2cccs2)C1. The van der Waals surface area contributed by atoms with Crippen LogP contribution in [0.25, 0.3) is 0 Å². The molecule has 3 heterocycles. The van der Waals surface area contributed by atoms with E-state index in [1.165, 1.54) is 6.92 Å². The highest BCUT2D eigenvalue weighted by molar-refractivity contribution is 7.09. The monoisotopic (exact) mass is 304 g/mol. The number of aromatic nitrogens is 2. The summed E-state index contributed by atoms with van der Waals surface area (Å²) in [5.74, 6) is -0.141. The summed E-state index contributed by atoms with van der Waals surface area (Å²) >= 11 is 1.60. The fraction of sp³-hybridized carbons (Fsp3) is 0.357. The first-order valence-corrected chi connectivity index (χ1v) is 7.61. The number of hydrogen-bond acceptors (Lipinski definition) is 4. The van der Waals surface area contributed by atoms with Crippen LogP contribution >= 0.6 is 11.3 Å². The third-order valence-corrected chi connectivity index (χ3v) is 4.43. The summed E-state index contributed by atoms with van der Waals surface area (Å²) in [6.07, 6.45) is 1.67. The van der Waals surface area contributed by atoms with Crippen molar-refractivity contribution < 1.29 is 9.59 Å². The number of carbonyl (C=O) groups is 2. The van der Waals surface area contributed by atoms with E-state index in [0.29, 0.717) is 19.6 Å². The Hall–Kier alpha value is -2.15. The first kappa shape index (κ1) is 13.8. The van der Waals surface area contributed by atoms with E-state index < -0.39 is 6.04 Å². The van der Waals surface area contributed by atoms with E-state index in [9.17, 15) is 9.59 Å². The lowest BCUT2D eigenvalue weighted by atomic mass is 10.1. The van der Waals surface area contributed by atoms with E-state index in [-0.39, 0.29) is 11.8 Å². The first-order valence-electron chi connectivity index (χ1n) is 6.73. The lowest BCUT2D eigenvalue weighted by molar-refractivity contribution is -0.133. The number of hydrogen-bond donors (Lipinski definition) is 1. The molecule has 1 aliphatic rings. The average Bonchev–Trinajstić information content (AvgIpc) is 3.14. The van der Waals surface area contributed by atoms with Crippen molar-refractivity contribution in [2.45, 2.75) is 26.1 Å². The predicted octanol–water partition coefficient (Wildman–Crippen LogP) is 1.16. The molecule has 1 N–H and O–H groups in total. The zero-order valence-electron chi connectivity index (χ0n) is 11.7. The molecule has 21 heavy (non-hydrogen) atoms. The Morgan fingerprint density at radius 1 is 1.48 bits per heavy atom. The number of rotatable bonds is 3. The maximum atomic E-state index is 12.4. The fourth-order valence-electron chi connectivity index (χ4n) is 2.43. The predicted molar refractivity (Wildman–Crippen MR) is 78.5 cm³/mol. The smallest absolute Gasteiger partial charge is 0.247 e. The van der Waals surface area contributed by atoms with E-state index in [4.69, 9.17) is 0 Å². The zero-order valence-corrected chi connectivity index (χ0v) is 12.5. The van der Waals surface area contributed by atoms with Crippen molar-refractivity contribution >= 4 is 23.2 Å². The lowest BCUT2D eigenvalue weighted by Crippen LogP contribution is -2.46. The molecule has 3 rings (SSSR count). The van der Waals surface area contributed by atoms with Crippen LogP contribution in [0.3, 0.4) is 0 Å². The second-order valence-corrected chi connectivity index (χ2v) is 6.01. The summed E-state index contributed by atoms with van der Waals surface area (Å²) in [4.78, 5) is 26.8. The average molecular weight is 304 g/mol. The molecule has 2 aromatic rings. The number of carbonyl (C=O) groups excluding carboxylic acids is 2. The summed E-state index contributed by atoms with van der Waals surface area (Å²) in [5.41, 5.74) is 0.882. The van der Waals surface area contributed by atoms with Crippen LogP contribution < -0.4 is 5.32 Å². The Kier molecular flexibility index (Phi) is 3.74. The topological polar surface area (TPSA) is 67.2 Å². The van der Waals surface area contributed by atoms with E-state index in [1.807, 2.05) is 23.6 Å². The van der Waals surface area contributed by atoms with Crippen molar-refractivity contribution in [3.63, 3.8) is 0 Å². The van der Waals surface area contributed by atoms with Gasteiger partial charge >= 0.3 is 0 Å². The van der Waals surface area contributed by atoms with Crippen molar-refractivity contribution in [1.29, 1.82) is 0 Å². The van der Waals surface area contributed by atoms with Crippen LogP contribution in [-0.2, 0) is 22.7 Å². The van der Waals surface area contributed by atoms with Crippen LogP contribution in [-0.4, -0.2) is 33.0 Å². The molecule has 7 heteroatoms. The van der Waals surface area contributed by atoms with Gasteiger partial charge in [0.25, 0.3) is 0 Å². The summed E-state index contributed by atoms with van der Waals surface area (Å²) in [6, 6.07) is 5.31. The number of amides is 2. The van der Waals surface area contributed by atoms with Crippen LogP contribution in [0.5, 0.6) is 0 Å². The van der Waals surface area contributed by atoms with Gasteiger partial charge in [-0.1, -0.05) is 6.07 Å². The summed E-state index contributed by atoms with van der Waals surface area (Å²) < 4.78 is 1.71. The van der Waals surface area contributed by atoms with Gasteiger partial charge in [0, 0.05) is 18.0 Å². The third-order valence-electron chi connectivity index (χ3n) is 3.56. The Morgan fingerprint density at radius 2 is 2.33 bits per heavy atom. The van der Waals surface area contributed by atoms with Gasteiger partial charge in [0.1, 0.15) is 6.04 Å². The summed E-state index contributed by atoms with van der Waals surface area (Å²) in [6.45, 7) is 2.89. The van der Waals surface area contributed by atoms with Crippen LogP contribution in [0.2, 0.25) is 0 Å². The number of fused-ring (bicyclic) bond motifs is 1. The van der Waals surface area contributed by atoms with Gasteiger partial charge in [-0.25, -0.2) is 0 Å². The molecule has 0 aromatic carbocycles. The lowest BCUT2D eigenvalue weighted by Gasteiger charge is -2.32. The van der Waals surface area contributed by atoms with Crippen LogP contribution in [0, 0.1) is 0 Å². The molecule has 0 aliphatic carbocycles. The van der Waals surface area contributed by atoms with Gasteiger partial charge in [-0.05, 0) is 17.5 Å². The minimum absolute atomic E-state index is 0.0292. The minimum Gasteiger partial charge on any atom is -0.349 e. The van der Waals surface area contributed by atoms with Crippen LogP contribution in [0.15, 0.2) is 29.8 Å². The molecule has 0 bridgehead atoms. The largest absolute Gasteiger partial charge is 0.349 e. The van der Waals surface area contributed by atoms with E-state index in [1.54, 1.807) is 27.1 Å². The van der Waals surface area contributed by atoms with Crippen LogP contribution in [0.1, 0.15) is 23.5 Å². The van der Waals surface area contributed by atoms with Crippen LogP contribution in [0.4, 0.5) is 0 Å². The quantitative estimate of drug-likeness (QED) is 0.925. The first-order chi connectivity index (χ1) is 10.1. The molecule has 1 atom stereocenters. The second-order valence-electron chi connectivity index (χ2n) is 4.98. The molecule has 1 aliphatic heterocycles. The molecule has 0 saturated heterocycles. The Bertz CT molecular complexity index is 650. The highest BCUT2D eigenvalue weighted by Crippen LogP contribution is 2.20. The van der Waals surface area contributed by atoms with E-state index >= 15 is 0 Å². The Balaban J connectivity index is 1.74. The van der Waals surface area contributed by atoms with E-state index in [2.05, 4.69) is 10.4 Å². The van der Waals surface area contributed by atoms with Gasteiger partial charge in [-0.3, -0.25) is 14.3 Å². The highest BCUT2D eigenvalue weighted by Gasteiger charge is 2.31. The number of thiophene rings is 1. The van der Waals surface area contributed by atoms with Gasteiger partial charge in [0.05, 0.1) is 25.3 Å². The van der Waals surface area contributed by atoms with Gasteiger partial charge in [0.2, 0.25) is 11.8 Å². The Morgan fingerprint density at radius 3 is 3.05 bits per heavy atom. The zero-order chi connectivity index (χ0) is 14.8. The molecule has 0 radical (unpaired) electrons. The molecule has 6 nitrogen and oxygen atoms in total. The molecule has 1 unspecified atom stereocenters. The van der Waals surface area contributed by atoms with Gasteiger partial charge in [-0.15, -0.1) is 11.3 Å². The maximum absolute atomic E-state index is 12.4. The van der Waals surface area contributed by atoms with Crippen molar-refractivity contribution in [2.24, 2.45) is 0 Å². The molecule has 0 fully saturated rings. The molecular weight excluding hydrogens is 288 g/mol. The molecule has 0 spiro atoms. The standard InChI is InChI=1S/C14H16N4O2S/c1-10(19)17-8-11-4-5-16-18(11)13(9-17)14(20)15-7-12-3-2-6-21-12/h2-6,13H,7-9H2,1H3,(H,15,20). The van der Waals surface area contributed by atoms with Crippen molar-refractivity contribution in [2.75, 3.05) is 6.54 Å². The van der Waals surface area contributed by atoms with Gasteiger partial charge in [0.15, 0.2) is 0 Å². The minimum atomic E-state index is -0.465. The van der Waals surface area contributed by atoms with Crippen molar-refractivity contribution in [3.8, 4) is 0 Å².